The first-order chi connectivity index (χ1) is 17.1. The molecule has 10 nitrogen and oxygen atoms in total. The van der Waals surface area contributed by atoms with E-state index in [1.165, 1.54) is 12.6 Å². The SMILES string of the molecule is C[C@@H](O)C(=O)N1CCO[C@H](CNc2nc(-c3ccc(N4CCOCC4)cc3)cc3nccnc23)C1. The third-order valence-corrected chi connectivity index (χ3v) is 6.30. The molecule has 2 aromatic heterocycles. The van der Waals surface area contributed by atoms with Gasteiger partial charge in [0.15, 0.2) is 5.82 Å². The summed E-state index contributed by atoms with van der Waals surface area (Å²) in [6.45, 7) is 6.51. The summed E-state index contributed by atoms with van der Waals surface area (Å²) in [6.07, 6.45) is 2.07. The predicted octanol–water partition coefficient (Wildman–Crippen LogP) is 1.55. The lowest BCUT2D eigenvalue weighted by Gasteiger charge is -2.33. The fourth-order valence-corrected chi connectivity index (χ4v) is 4.43. The van der Waals surface area contributed by atoms with E-state index in [2.05, 4.69) is 44.5 Å². The van der Waals surface area contributed by atoms with Gasteiger partial charge in [0.1, 0.15) is 11.6 Å². The average Bonchev–Trinajstić information content (AvgIpc) is 2.92. The van der Waals surface area contributed by atoms with E-state index in [0.29, 0.717) is 37.6 Å². The summed E-state index contributed by atoms with van der Waals surface area (Å²) >= 11 is 0. The first-order valence-corrected chi connectivity index (χ1v) is 12.0. The summed E-state index contributed by atoms with van der Waals surface area (Å²) in [6, 6.07) is 10.3. The number of amides is 1. The molecule has 0 unspecified atom stereocenters. The van der Waals surface area contributed by atoms with Gasteiger partial charge in [-0.2, -0.15) is 0 Å². The van der Waals surface area contributed by atoms with Gasteiger partial charge in [-0.3, -0.25) is 9.78 Å². The average molecular weight is 479 g/mol. The van der Waals surface area contributed by atoms with Gasteiger partial charge in [-0.1, -0.05) is 12.1 Å². The number of ether oxygens (including phenoxy) is 2. The van der Waals surface area contributed by atoms with Gasteiger partial charge >= 0.3 is 0 Å². The zero-order valence-electron chi connectivity index (χ0n) is 19.8. The third kappa shape index (κ3) is 5.34. The molecule has 2 N–H and O–H groups in total. The van der Waals surface area contributed by atoms with Crippen LogP contribution in [-0.4, -0.2) is 95.6 Å². The smallest absolute Gasteiger partial charge is 0.251 e. The van der Waals surface area contributed by atoms with E-state index in [1.807, 2.05) is 6.07 Å². The normalized spacial score (nSPS) is 19.5. The number of hydrogen-bond acceptors (Lipinski definition) is 9. The van der Waals surface area contributed by atoms with Crippen LogP contribution >= 0.6 is 0 Å². The molecule has 0 bridgehead atoms. The molecule has 10 heteroatoms. The van der Waals surface area contributed by atoms with Crippen LogP contribution in [-0.2, 0) is 14.3 Å². The maximum absolute atomic E-state index is 12.2. The molecule has 4 heterocycles. The number of morpholine rings is 2. The van der Waals surface area contributed by atoms with Crippen LogP contribution < -0.4 is 10.2 Å². The van der Waals surface area contributed by atoms with Gasteiger partial charge in [0, 0.05) is 56.4 Å². The number of carbonyl (C=O) groups excluding carboxylic acids is 1. The van der Waals surface area contributed by atoms with Gasteiger partial charge < -0.3 is 29.7 Å². The summed E-state index contributed by atoms with van der Waals surface area (Å²) in [7, 11) is 0. The first kappa shape index (κ1) is 23.4. The van der Waals surface area contributed by atoms with Gasteiger partial charge in [0.2, 0.25) is 0 Å². The molecular weight excluding hydrogens is 448 g/mol. The molecule has 2 atom stereocenters. The van der Waals surface area contributed by atoms with E-state index < -0.39 is 6.10 Å². The number of nitrogens with zero attached hydrogens (tertiary/aromatic N) is 5. The highest BCUT2D eigenvalue weighted by molar-refractivity contribution is 5.88. The molecule has 0 saturated carbocycles. The third-order valence-electron chi connectivity index (χ3n) is 6.30. The number of nitrogens with one attached hydrogen (secondary N) is 1. The Kier molecular flexibility index (Phi) is 7.03. The molecule has 0 aliphatic carbocycles. The summed E-state index contributed by atoms with van der Waals surface area (Å²) in [5, 5.41) is 13.0. The Morgan fingerprint density at radius 2 is 1.91 bits per heavy atom. The number of rotatable bonds is 6. The molecule has 1 amide bonds. The van der Waals surface area contributed by atoms with Crippen molar-refractivity contribution in [1.82, 2.24) is 19.9 Å². The number of aliphatic hydroxyl groups excluding tert-OH is 1. The summed E-state index contributed by atoms with van der Waals surface area (Å²) < 4.78 is 11.3. The summed E-state index contributed by atoms with van der Waals surface area (Å²) in [5.74, 6) is 0.334. The monoisotopic (exact) mass is 478 g/mol. The molecular formula is C25H30N6O4. The van der Waals surface area contributed by atoms with Crippen molar-refractivity contribution in [2.24, 2.45) is 0 Å². The van der Waals surface area contributed by atoms with Crippen molar-refractivity contribution >= 4 is 28.4 Å². The lowest BCUT2D eigenvalue weighted by atomic mass is 10.1. The van der Waals surface area contributed by atoms with Crippen molar-refractivity contribution in [3.63, 3.8) is 0 Å². The van der Waals surface area contributed by atoms with Crippen molar-refractivity contribution in [2.45, 2.75) is 19.1 Å². The van der Waals surface area contributed by atoms with Crippen molar-refractivity contribution in [1.29, 1.82) is 0 Å². The molecule has 2 aliphatic rings. The van der Waals surface area contributed by atoms with Gasteiger partial charge in [-0.25, -0.2) is 9.97 Å². The lowest BCUT2D eigenvalue weighted by molar-refractivity contribution is -0.146. The second-order valence-electron chi connectivity index (χ2n) is 8.76. The number of anilines is 2. The van der Waals surface area contributed by atoms with Gasteiger partial charge in [-0.05, 0) is 25.1 Å². The minimum Gasteiger partial charge on any atom is -0.384 e. The molecule has 2 aliphatic heterocycles. The number of pyridine rings is 1. The van der Waals surface area contributed by atoms with E-state index in [9.17, 15) is 9.90 Å². The molecule has 2 fully saturated rings. The van der Waals surface area contributed by atoms with E-state index >= 15 is 0 Å². The van der Waals surface area contributed by atoms with Crippen molar-refractivity contribution < 1.29 is 19.4 Å². The highest BCUT2D eigenvalue weighted by atomic mass is 16.5. The Balaban J connectivity index is 1.35. The van der Waals surface area contributed by atoms with Crippen molar-refractivity contribution in [2.75, 3.05) is 62.8 Å². The number of aliphatic hydroxyl groups is 1. The predicted molar refractivity (Wildman–Crippen MR) is 132 cm³/mol. The van der Waals surface area contributed by atoms with Crippen LogP contribution in [0, 0.1) is 0 Å². The Morgan fingerprint density at radius 3 is 2.69 bits per heavy atom. The molecule has 2 saturated heterocycles. The van der Waals surface area contributed by atoms with E-state index in [-0.39, 0.29) is 12.0 Å². The van der Waals surface area contributed by atoms with Crippen LogP contribution in [0.25, 0.3) is 22.3 Å². The fourth-order valence-electron chi connectivity index (χ4n) is 4.43. The topological polar surface area (TPSA) is 113 Å². The van der Waals surface area contributed by atoms with Gasteiger partial charge in [-0.15, -0.1) is 0 Å². The Labute approximate surface area is 203 Å². The maximum atomic E-state index is 12.2. The van der Waals surface area contributed by atoms with Crippen LogP contribution in [0.5, 0.6) is 0 Å². The fraction of sp³-hybridized carbons (Fsp3) is 0.440. The van der Waals surface area contributed by atoms with Crippen LogP contribution in [0.4, 0.5) is 11.5 Å². The molecule has 0 spiro atoms. The van der Waals surface area contributed by atoms with Crippen LogP contribution in [0.3, 0.4) is 0 Å². The second kappa shape index (κ2) is 10.5. The number of aromatic nitrogens is 3. The highest BCUT2D eigenvalue weighted by Crippen LogP contribution is 2.27. The minimum atomic E-state index is -1.02. The Bertz CT molecular complexity index is 1170. The quantitative estimate of drug-likeness (QED) is 0.545. The molecule has 1 aromatic carbocycles. The Morgan fingerprint density at radius 1 is 1.14 bits per heavy atom. The minimum absolute atomic E-state index is 0.226. The second-order valence-corrected chi connectivity index (χ2v) is 8.76. The van der Waals surface area contributed by atoms with Crippen LogP contribution in [0.2, 0.25) is 0 Å². The highest BCUT2D eigenvalue weighted by Gasteiger charge is 2.26. The summed E-state index contributed by atoms with van der Waals surface area (Å²) in [5.41, 5.74) is 4.37. The number of fused-ring (bicyclic) bond motifs is 1. The zero-order valence-corrected chi connectivity index (χ0v) is 19.8. The molecule has 35 heavy (non-hydrogen) atoms. The molecule has 184 valence electrons. The van der Waals surface area contributed by atoms with E-state index in [4.69, 9.17) is 14.5 Å². The number of benzene rings is 1. The molecule has 0 radical (unpaired) electrons. The van der Waals surface area contributed by atoms with E-state index in [1.54, 1.807) is 17.3 Å². The standard InChI is InChI=1S/C25H30N6O4/c1-17(32)25(33)31-10-13-35-20(16-31)15-28-24-23-22(26-6-7-27-23)14-21(29-24)18-2-4-19(5-3-18)30-8-11-34-12-9-30/h2-7,14,17,20,32H,8-13,15-16H2,1H3,(H,28,29)/t17-,20-/m1/s1. The van der Waals surface area contributed by atoms with Crippen LogP contribution in [0.1, 0.15) is 6.92 Å². The first-order valence-electron chi connectivity index (χ1n) is 12.0. The van der Waals surface area contributed by atoms with Crippen molar-refractivity contribution in [3.05, 3.63) is 42.7 Å². The van der Waals surface area contributed by atoms with Crippen LogP contribution in [0.15, 0.2) is 42.7 Å². The number of carbonyl (C=O) groups is 1. The zero-order chi connectivity index (χ0) is 24.2. The molecule has 3 aromatic rings. The summed E-state index contributed by atoms with van der Waals surface area (Å²) in [4.78, 5) is 30.0. The lowest BCUT2D eigenvalue weighted by Crippen LogP contribution is -2.50. The van der Waals surface area contributed by atoms with Gasteiger partial charge in [0.25, 0.3) is 5.91 Å². The van der Waals surface area contributed by atoms with E-state index in [0.717, 1.165) is 43.1 Å². The largest absolute Gasteiger partial charge is 0.384 e. The maximum Gasteiger partial charge on any atom is 0.251 e. The Hall–Kier alpha value is -3.34. The number of hydrogen-bond donors (Lipinski definition) is 2. The van der Waals surface area contributed by atoms with Crippen molar-refractivity contribution in [3.8, 4) is 11.3 Å². The molecule has 5 rings (SSSR count). The van der Waals surface area contributed by atoms with Gasteiger partial charge in [0.05, 0.1) is 37.1 Å².